The van der Waals surface area contributed by atoms with Gasteiger partial charge in [-0.05, 0) is 43.4 Å². The largest absolute Gasteiger partial charge is 0.484 e. The number of nitrogens with zero attached hydrogens (tertiary/aromatic N) is 4. The molecule has 1 N–H and O–H groups in total. The normalized spacial score (nSPS) is 13.2. The number of aryl methyl sites for hydroxylation is 1. The van der Waals surface area contributed by atoms with Crippen molar-refractivity contribution in [3.63, 3.8) is 0 Å². The first-order valence-corrected chi connectivity index (χ1v) is 14.1. The zero-order chi connectivity index (χ0) is 25.5. The van der Waals surface area contributed by atoms with Crippen molar-refractivity contribution >= 4 is 57.2 Å². The third-order valence-corrected chi connectivity index (χ3v) is 8.44. The van der Waals surface area contributed by atoms with Crippen LogP contribution in [-0.4, -0.2) is 26.4 Å². The minimum absolute atomic E-state index is 0.125. The van der Waals surface area contributed by atoms with Crippen LogP contribution < -0.4 is 10.1 Å². The monoisotopic (exact) mass is 561 g/mol. The number of thiophene rings is 1. The number of nitriles is 1. The molecule has 36 heavy (non-hydrogen) atoms. The topological polar surface area (TPSA) is 92.8 Å². The van der Waals surface area contributed by atoms with Crippen molar-refractivity contribution in [3.05, 3.63) is 62.7 Å². The van der Waals surface area contributed by atoms with Gasteiger partial charge in [-0.15, -0.1) is 28.1 Å². The molecule has 3 aromatic rings. The first kappa shape index (κ1) is 26.6. The third-order valence-electron chi connectivity index (χ3n) is 5.72. The molecule has 7 nitrogen and oxygen atoms in total. The minimum Gasteiger partial charge on any atom is -0.484 e. The van der Waals surface area contributed by atoms with E-state index in [2.05, 4.69) is 28.2 Å². The fraction of sp³-hybridized carbons (Fsp3) is 0.360. The zero-order valence-corrected chi connectivity index (χ0v) is 22.7. The second-order valence-corrected chi connectivity index (χ2v) is 11.1. The molecule has 2 heterocycles. The van der Waals surface area contributed by atoms with E-state index in [4.69, 9.17) is 27.9 Å². The number of aromatic nitrogens is 3. The summed E-state index contributed by atoms with van der Waals surface area (Å²) in [6.07, 6.45) is 8.19. The third kappa shape index (κ3) is 6.43. The number of thioether (sulfide) groups is 1. The second kappa shape index (κ2) is 12.6. The number of halogens is 2. The van der Waals surface area contributed by atoms with E-state index in [1.807, 2.05) is 4.57 Å². The molecule has 11 heteroatoms. The standard InChI is InChI=1S/C25H25Cl2N5O2S2/c1-2-11-32-22(14-34-20-12-16(26)9-10-19(20)27)30-31-25(32)35-15-23(33)29-24-18(13-28)17-7-5-3-4-6-8-21(17)36-24/h2,9-10,12H,1,3-8,11,14-15H2,(H,29,33). The number of allylic oxidation sites excluding steroid dienone is 1. The van der Waals surface area contributed by atoms with Gasteiger partial charge in [-0.1, -0.05) is 53.9 Å². The van der Waals surface area contributed by atoms with Crippen molar-refractivity contribution < 1.29 is 9.53 Å². The van der Waals surface area contributed by atoms with Crippen LogP contribution in [0.5, 0.6) is 5.75 Å². The summed E-state index contributed by atoms with van der Waals surface area (Å²) in [5, 5.41) is 23.3. The van der Waals surface area contributed by atoms with Crippen LogP contribution in [0.4, 0.5) is 5.00 Å². The Morgan fingerprint density at radius 3 is 2.86 bits per heavy atom. The molecule has 0 fully saturated rings. The van der Waals surface area contributed by atoms with Crippen LogP contribution in [0.1, 0.15) is 47.5 Å². The van der Waals surface area contributed by atoms with Crippen LogP contribution in [0, 0.1) is 11.3 Å². The molecule has 4 rings (SSSR count). The summed E-state index contributed by atoms with van der Waals surface area (Å²) >= 11 is 15.0. The number of amides is 1. The van der Waals surface area contributed by atoms with E-state index in [0.717, 1.165) is 31.2 Å². The predicted molar refractivity (Wildman–Crippen MR) is 145 cm³/mol. The van der Waals surface area contributed by atoms with Crippen LogP contribution in [0.15, 0.2) is 36.0 Å². The van der Waals surface area contributed by atoms with Crippen LogP contribution >= 0.6 is 46.3 Å². The highest BCUT2D eigenvalue weighted by molar-refractivity contribution is 7.99. The summed E-state index contributed by atoms with van der Waals surface area (Å²) in [6.45, 7) is 4.38. The zero-order valence-electron chi connectivity index (χ0n) is 19.6. The Labute approximate surface area is 228 Å². The van der Waals surface area contributed by atoms with Gasteiger partial charge in [0, 0.05) is 22.5 Å². The molecule has 0 radical (unpaired) electrons. The molecule has 0 atom stereocenters. The average Bonchev–Trinajstić information content (AvgIpc) is 3.38. The fourth-order valence-electron chi connectivity index (χ4n) is 3.99. The Hall–Kier alpha value is -2.51. The van der Waals surface area contributed by atoms with Gasteiger partial charge in [-0.3, -0.25) is 9.36 Å². The van der Waals surface area contributed by atoms with E-state index in [0.29, 0.717) is 43.9 Å². The first-order chi connectivity index (χ1) is 17.5. The Balaban J connectivity index is 1.41. The Bertz CT molecular complexity index is 1300. The van der Waals surface area contributed by atoms with Crippen molar-refractivity contribution in [1.82, 2.24) is 14.8 Å². The summed E-state index contributed by atoms with van der Waals surface area (Å²) in [5.74, 6) is 0.953. The lowest BCUT2D eigenvalue weighted by Gasteiger charge is -2.10. The molecule has 0 spiro atoms. The Morgan fingerprint density at radius 1 is 1.28 bits per heavy atom. The maximum absolute atomic E-state index is 12.8. The van der Waals surface area contributed by atoms with Gasteiger partial charge in [0.25, 0.3) is 0 Å². The number of fused-ring (bicyclic) bond motifs is 1. The lowest BCUT2D eigenvalue weighted by molar-refractivity contribution is -0.113. The van der Waals surface area contributed by atoms with Crippen molar-refractivity contribution in [2.24, 2.45) is 0 Å². The van der Waals surface area contributed by atoms with E-state index in [9.17, 15) is 10.1 Å². The molecule has 0 bridgehead atoms. The number of nitrogens with one attached hydrogen (secondary N) is 1. The summed E-state index contributed by atoms with van der Waals surface area (Å²) in [5.41, 5.74) is 1.73. The SMILES string of the molecule is C=CCn1c(COc2cc(Cl)ccc2Cl)nnc1SCC(=O)Nc1sc2c(c1C#N)CCCCCC2. The van der Waals surface area contributed by atoms with Gasteiger partial charge < -0.3 is 10.1 Å². The van der Waals surface area contributed by atoms with E-state index < -0.39 is 0 Å². The Kier molecular flexibility index (Phi) is 9.32. The molecule has 188 valence electrons. The number of ether oxygens (including phenoxy) is 1. The van der Waals surface area contributed by atoms with Crippen molar-refractivity contribution in [2.45, 2.75) is 56.8 Å². The highest BCUT2D eigenvalue weighted by Crippen LogP contribution is 2.36. The fourth-order valence-corrected chi connectivity index (χ4v) is 6.35. The summed E-state index contributed by atoms with van der Waals surface area (Å²) < 4.78 is 7.63. The lowest BCUT2D eigenvalue weighted by Crippen LogP contribution is -2.15. The molecular formula is C25H25Cl2N5O2S2. The number of anilines is 1. The maximum Gasteiger partial charge on any atom is 0.235 e. The molecule has 1 amide bonds. The molecule has 0 unspecified atom stereocenters. The summed E-state index contributed by atoms with van der Waals surface area (Å²) in [7, 11) is 0. The van der Waals surface area contributed by atoms with Gasteiger partial charge in [0.2, 0.25) is 5.91 Å². The van der Waals surface area contributed by atoms with Gasteiger partial charge in [-0.25, -0.2) is 0 Å². The van der Waals surface area contributed by atoms with Gasteiger partial charge >= 0.3 is 0 Å². The minimum atomic E-state index is -0.192. The number of rotatable bonds is 9. The van der Waals surface area contributed by atoms with Crippen molar-refractivity contribution in [1.29, 1.82) is 5.26 Å². The smallest absolute Gasteiger partial charge is 0.235 e. The van der Waals surface area contributed by atoms with Crippen LogP contribution in [0.3, 0.4) is 0 Å². The molecule has 0 saturated carbocycles. The molecule has 2 aromatic heterocycles. The van der Waals surface area contributed by atoms with E-state index >= 15 is 0 Å². The van der Waals surface area contributed by atoms with Crippen molar-refractivity contribution in [3.8, 4) is 11.8 Å². The second-order valence-electron chi connectivity index (χ2n) is 8.23. The highest BCUT2D eigenvalue weighted by atomic mass is 35.5. The molecular weight excluding hydrogens is 537 g/mol. The maximum atomic E-state index is 12.8. The molecule has 0 aliphatic heterocycles. The molecule has 0 saturated heterocycles. The van der Waals surface area contributed by atoms with Gasteiger partial charge in [0.05, 0.1) is 16.3 Å². The van der Waals surface area contributed by atoms with E-state index in [-0.39, 0.29) is 18.3 Å². The van der Waals surface area contributed by atoms with Gasteiger partial charge in [-0.2, -0.15) is 5.26 Å². The quantitative estimate of drug-likeness (QED) is 0.231. The number of carbonyl (C=O) groups excluding carboxylic acids is 1. The summed E-state index contributed by atoms with van der Waals surface area (Å²) in [6, 6.07) is 7.30. The van der Waals surface area contributed by atoms with Gasteiger partial charge in [0.15, 0.2) is 11.0 Å². The lowest BCUT2D eigenvalue weighted by atomic mass is 9.97. The first-order valence-electron chi connectivity index (χ1n) is 11.6. The number of benzene rings is 1. The van der Waals surface area contributed by atoms with Crippen molar-refractivity contribution in [2.75, 3.05) is 11.1 Å². The number of carbonyl (C=O) groups is 1. The Morgan fingerprint density at radius 2 is 2.08 bits per heavy atom. The average molecular weight is 563 g/mol. The highest BCUT2D eigenvalue weighted by Gasteiger charge is 2.21. The van der Waals surface area contributed by atoms with Gasteiger partial charge in [0.1, 0.15) is 23.4 Å². The molecule has 1 aliphatic carbocycles. The predicted octanol–water partition coefficient (Wildman–Crippen LogP) is 6.67. The molecule has 1 aliphatic rings. The van der Waals surface area contributed by atoms with E-state index in [1.54, 1.807) is 24.3 Å². The van der Waals surface area contributed by atoms with Crippen LogP contribution in [0.25, 0.3) is 0 Å². The summed E-state index contributed by atoms with van der Waals surface area (Å²) in [4.78, 5) is 14.0. The van der Waals surface area contributed by atoms with E-state index in [1.165, 1.54) is 40.8 Å². The van der Waals surface area contributed by atoms with Crippen LogP contribution in [-0.2, 0) is 30.8 Å². The molecule has 1 aromatic carbocycles. The number of hydrogen-bond donors (Lipinski definition) is 1. The number of hydrogen-bond acceptors (Lipinski definition) is 7. The van der Waals surface area contributed by atoms with Crippen LogP contribution in [0.2, 0.25) is 10.0 Å².